The van der Waals surface area contributed by atoms with Crippen LogP contribution in [0.25, 0.3) is 0 Å². The molecule has 2 fully saturated rings. The SMILES string of the molecule is OCCN1[C@H]2CC[C@H]1CN(Cc1ccccc1)C2. The number of nitrogens with zero attached hydrogens (tertiary/aromatic N) is 2. The van der Waals surface area contributed by atoms with Crippen LogP contribution < -0.4 is 0 Å². The molecule has 2 saturated heterocycles. The largest absolute Gasteiger partial charge is 0.395 e. The quantitative estimate of drug-likeness (QED) is 0.868. The Morgan fingerprint density at radius 2 is 1.72 bits per heavy atom. The number of benzene rings is 1. The molecule has 3 heteroatoms. The predicted octanol–water partition coefficient (Wildman–Crippen LogP) is 1.33. The molecular formula is C15H22N2O. The summed E-state index contributed by atoms with van der Waals surface area (Å²) in [7, 11) is 0. The molecule has 0 aromatic heterocycles. The minimum atomic E-state index is 0.297. The fraction of sp³-hybridized carbons (Fsp3) is 0.600. The van der Waals surface area contributed by atoms with Crippen LogP contribution in [0.1, 0.15) is 18.4 Å². The lowest BCUT2D eigenvalue weighted by molar-refractivity contribution is 0.0494. The van der Waals surface area contributed by atoms with E-state index in [1.807, 2.05) is 0 Å². The first-order chi connectivity index (χ1) is 8.86. The van der Waals surface area contributed by atoms with Crippen molar-refractivity contribution in [1.82, 2.24) is 9.80 Å². The van der Waals surface area contributed by atoms with E-state index in [1.165, 1.54) is 18.4 Å². The second-order valence-corrected chi connectivity index (χ2v) is 5.53. The highest BCUT2D eigenvalue weighted by Gasteiger charge is 2.38. The van der Waals surface area contributed by atoms with Gasteiger partial charge in [0, 0.05) is 38.3 Å². The fourth-order valence-corrected chi connectivity index (χ4v) is 3.53. The Morgan fingerprint density at radius 1 is 1.06 bits per heavy atom. The van der Waals surface area contributed by atoms with Gasteiger partial charge in [0.25, 0.3) is 0 Å². The van der Waals surface area contributed by atoms with E-state index in [0.717, 1.165) is 26.2 Å². The predicted molar refractivity (Wildman–Crippen MR) is 72.3 cm³/mol. The van der Waals surface area contributed by atoms with E-state index in [0.29, 0.717) is 18.7 Å². The zero-order valence-corrected chi connectivity index (χ0v) is 10.8. The number of rotatable bonds is 4. The van der Waals surface area contributed by atoms with Crippen molar-refractivity contribution in [2.24, 2.45) is 0 Å². The Balaban J connectivity index is 1.62. The van der Waals surface area contributed by atoms with Gasteiger partial charge in [0.2, 0.25) is 0 Å². The van der Waals surface area contributed by atoms with Gasteiger partial charge in [-0.05, 0) is 18.4 Å². The van der Waals surface area contributed by atoms with Gasteiger partial charge >= 0.3 is 0 Å². The van der Waals surface area contributed by atoms with E-state index < -0.39 is 0 Å². The highest BCUT2D eigenvalue weighted by molar-refractivity contribution is 5.15. The maximum absolute atomic E-state index is 9.13. The zero-order valence-electron chi connectivity index (χ0n) is 10.8. The lowest BCUT2D eigenvalue weighted by atomic mass is 10.1. The molecule has 0 saturated carbocycles. The molecule has 1 aromatic carbocycles. The van der Waals surface area contributed by atoms with Crippen molar-refractivity contribution in [1.29, 1.82) is 0 Å². The van der Waals surface area contributed by atoms with Gasteiger partial charge in [-0.1, -0.05) is 30.3 Å². The maximum Gasteiger partial charge on any atom is 0.0558 e. The Morgan fingerprint density at radius 3 is 2.33 bits per heavy atom. The van der Waals surface area contributed by atoms with E-state index >= 15 is 0 Å². The minimum Gasteiger partial charge on any atom is -0.395 e. The van der Waals surface area contributed by atoms with E-state index in [9.17, 15) is 0 Å². The lowest BCUT2D eigenvalue weighted by Crippen LogP contribution is -2.53. The normalized spacial score (nSPS) is 28.7. The molecule has 3 nitrogen and oxygen atoms in total. The van der Waals surface area contributed by atoms with Crippen LogP contribution in [0.2, 0.25) is 0 Å². The monoisotopic (exact) mass is 246 g/mol. The number of hydrogen-bond donors (Lipinski definition) is 1. The Bertz CT molecular complexity index is 367. The standard InChI is InChI=1S/C15H22N2O/c18-9-8-17-14-6-7-15(17)12-16(11-14)10-13-4-2-1-3-5-13/h1-5,14-15,18H,6-12H2/t14-,15-/m0/s1. The van der Waals surface area contributed by atoms with Crippen LogP contribution in [-0.2, 0) is 6.54 Å². The molecule has 1 aromatic rings. The van der Waals surface area contributed by atoms with Gasteiger partial charge in [0.05, 0.1) is 6.61 Å². The van der Waals surface area contributed by atoms with Gasteiger partial charge in [-0.25, -0.2) is 0 Å². The van der Waals surface area contributed by atoms with Gasteiger partial charge in [-0.2, -0.15) is 0 Å². The van der Waals surface area contributed by atoms with Crippen molar-refractivity contribution >= 4 is 0 Å². The highest BCUT2D eigenvalue weighted by atomic mass is 16.3. The van der Waals surface area contributed by atoms with Crippen molar-refractivity contribution in [3.05, 3.63) is 35.9 Å². The number of likely N-dealkylation sites (tertiary alicyclic amines) is 1. The van der Waals surface area contributed by atoms with E-state index in [1.54, 1.807) is 0 Å². The summed E-state index contributed by atoms with van der Waals surface area (Å²) >= 11 is 0. The van der Waals surface area contributed by atoms with Crippen molar-refractivity contribution < 1.29 is 5.11 Å². The molecule has 0 radical (unpaired) electrons. The number of aliphatic hydroxyl groups excluding tert-OH is 1. The Kier molecular flexibility index (Phi) is 3.64. The zero-order chi connectivity index (χ0) is 12.4. The molecule has 98 valence electrons. The molecule has 2 atom stereocenters. The van der Waals surface area contributed by atoms with Gasteiger partial charge in [-0.15, -0.1) is 0 Å². The van der Waals surface area contributed by atoms with Crippen LogP contribution in [0.15, 0.2) is 30.3 Å². The first-order valence-electron chi connectivity index (χ1n) is 6.99. The smallest absolute Gasteiger partial charge is 0.0558 e. The van der Waals surface area contributed by atoms with E-state index in [-0.39, 0.29) is 0 Å². The molecular weight excluding hydrogens is 224 g/mol. The summed E-state index contributed by atoms with van der Waals surface area (Å²) in [5, 5.41) is 9.13. The van der Waals surface area contributed by atoms with E-state index in [2.05, 4.69) is 40.1 Å². The number of fused-ring (bicyclic) bond motifs is 2. The topological polar surface area (TPSA) is 26.7 Å². The summed E-state index contributed by atoms with van der Waals surface area (Å²) in [4.78, 5) is 5.09. The first kappa shape index (κ1) is 12.2. The van der Waals surface area contributed by atoms with E-state index in [4.69, 9.17) is 5.11 Å². The molecule has 0 amide bonds. The third-order valence-electron chi connectivity index (χ3n) is 4.32. The summed E-state index contributed by atoms with van der Waals surface area (Å²) in [5.74, 6) is 0. The third-order valence-corrected chi connectivity index (χ3v) is 4.32. The Labute approximate surface area is 109 Å². The van der Waals surface area contributed by atoms with Gasteiger partial charge in [0.15, 0.2) is 0 Å². The summed E-state index contributed by atoms with van der Waals surface area (Å²) in [6.45, 7) is 4.54. The molecule has 0 unspecified atom stereocenters. The van der Waals surface area contributed by atoms with Crippen molar-refractivity contribution in [2.45, 2.75) is 31.5 Å². The second kappa shape index (κ2) is 5.39. The molecule has 0 spiro atoms. The Hall–Kier alpha value is -0.900. The number of piperazine rings is 1. The van der Waals surface area contributed by atoms with Crippen LogP contribution in [0, 0.1) is 0 Å². The summed E-state index contributed by atoms with van der Waals surface area (Å²) in [6, 6.07) is 12.1. The number of aliphatic hydroxyl groups is 1. The van der Waals surface area contributed by atoms with Gasteiger partial charge in [0.1, 0.15) is 0 Å². The maximum atomic E-state index is 9.13. The van der Waals surface area contributed by atoms with Crippen LogP contribution in [0.5, 0.6) is 0 Å². The first-order valence-corrected chi connectivity index (χ1v) is 6.99. The highest BCUT2D eigenvalue weighted by Crippen LogP contribution is 2.30. The minimum absolute atomic E-state index is 0.297. The molecule has 2 bridgehead atoms. The van der Waals surface area contributed by atoms with Gasteiger partial charge in [-0.3, -0.25) is 9.80 Å². The summed E-state index contributed by atoms with van der Waals surface area (Å²) in [6.07, 6.45) is 2.60. The molecule has 3 rings (SSSR count). The molecule has 18 heavy (non-hydrogen) atoms. The molecule has 0 aliphatic carbocycles. The van der Waals surface area contributed by atoms with Crippen molar-refractivity contribution in [3.63, 3.8) is 0 Å². The molecule has 2 aliphatic heterocycles. The molecule has 1 N–H and O–H groups in total. The third kappa shape index (κ3) is 2.44. The van der Waals surface area contributed by atoms with Crippen LogP contribution in [0.4, 0.5) is 0 Å². The summed E-state index contributed by atoms with van der Waals surface area (Å²) < 4.78 is 0. The number of hydrogen-bond acceptors (Lipinski definition) is 3. The van der Waals surface area contributed by atoms with Crippen molar-refractivity contribution in [3.8, 4) is 0 Å². The fourth-order valence-electron chi connectivity index (χ4n) is 3.53. The van der Waals surface area contributed by atoms with Crippen LogP contribution in [0.3, 0.4) is 0 Å². The molecule has 2 aliphatic rings. The van der Waals surface area contributed by atoms with Crippen LogP contribution >= 0.6 is 0 Å². The van der Waals surface area contributed by atoms with Gasteiger partial charge < -0.3 is 5.11 Å². The average Bonchev–Trinajstić information content (AvgIpc) is 2.63. The lowest BCUT2D eigenvalue weighted by Gasteiger charge is -2.40. The summed E-state index contributed by atoms with van der Waals surface area (Å²) in [5.41, 5.74) is 1.41. The van der Waals surface area contributed by atoms with Crippen LogP contribution in [-0.4, -0.2) is 53.2 Å². The molecule has 2 heterocycles. The average molecular weight is 246 g/mol. The van der Waals surface area contributed by atoms with Crippen molar-refractivity contribution in [2.75, 3.05) is 26.2 Å². The second-order valence-electron chi connectivity index (χ2n) is 5.53.